The Labute approximate surface area is 145 Å². The van der Waals surface area contributed by atoms with Gasteiger partial charge in [0.25, 0.3) is 5.69 Å². The molecular formula is C14H20ClN3O6. The molecule has 0 saturated heterocycles. The van der Waals surface area contributed by atoms with E-state index < -0.39 is 22.8 Å². The average molecular weight is 362 g/mol. The molecule has 1 aromatic rings. The number of carboxylic acids is 1. The van der Waals surface area contributed by atoms with Crippen molar-refractivity contribution in [1.29, 1.82) is 0 Å². The largest absolute Gasteiger partial charge is 0.496 e. The summed E-state index contributed by atoms with van der Waals surface area (Å²) in [5.41, 5.74) is -0.225. The van der Waals surface area contributed by atoms with Crippen LogP contribution in [0.2, 0.25) is 0 Å². The number of benzene rings is 1. The van der Waals surface area contributed by atoms with Crippen molar-refractivity contribution in [2.24, 2.45) is 0 Å². The summed E-state index contributed by atoms with van der Waals surface area (Å²) in [5.74, 6) is -1.12. The number of nitrogens with one attached hydrogen (secondary N) is 1. The van der Waals surface area contributed by atoms with Gasteiger partial charge in [-0.1, -0.05) is 0 Å². The molecule has 0 radical (unpaired) electrons. The molecule has 1 atom stereocenters. The number of rotatable bonds is 8. The van der Waals surface area contributed by atoms with Crippen LogP contribution in [0.5, 0.6) is 5.75 Å². The summed E-state index contributed by atoms with van der Waals surface area (Å²) >= 11 is 0. The molecule has 24 heavy (non-hydrogen) atoms. The summed E-state index contributed by atoms with van der Waals surface area (Å²) in [4.78, 5) is 34.7. The van der Waals surface area contributed by atoms with Gasteiger partial charge in [-0.25, -0.2) is 0 Å². The first-order chi connectivity index (χ1) is 10.8. The number of anilines is 1. The third kappa shape index (κ3) is 6.01. The van der Waals surface area contributed by atoms with Gasteiger partial charge in [0.1, 0.15) is 11.4 Å². The standard InChI is InChI=1S/C14H19N3O6.ClH/c1-9(16(2)7-6-13(18)19)14(20)15-11-5-4-10(23-3)8-12(11)17(21)22;/h4-5,8-9H,6-7H2,1-3H3,(H,15,20)(H,18,19);1H. The van der Waals surface area contributed by atoms with Gasteiger partial charge in [0.15, 0.2) is 0 Å². The van der Waals surface area contributed by atoms with Crippen LogP contribution in [0.4, 0.5) is 11.4 Å². The number of carbonyl (C=O) groups is 2. The predicted octanol–water partition coefficient (Wildman–Crippen LogP) is 1.76. The first-order valence-electron chi connectivity index (χ1n) is 6.81. The van der Waals surface area contributed by atoms with Crippen molar-refractivity contribution in [2.75, 3.05) is 26.0 Å². The Hall–Kier alpha value is -2.39. The Morgan fingerprint density at radius 3 is 2.58 bits per heavy atom. The second-order valence-electron chi connectivity index (χ2n) is 4.93. The van der Waals surface area contributed by atoms with E-state index in [9.17, 15) is 19.7 Å². The lowest BCUT2D eigenvalue weighted by Crippen LogP contribution is -2.40. The molecular weight excluding hydrogens is 342 g/mol. The van der Waals surface area contributed by atoms with E-state index in [1.807, 2.05) is 0 Å². The van der Waals surface area contributed by atoms with E-state index in [-0.39, 0.29) is 36.7 Å². The number of ether oxygens (including phenoxy) is 1. The van der Waals surface area contributed by atoms with Crippen molar-refractivity contribution in [1.82, 2.24) is 4.90 Å². The van der Waals surface area contributed by atoms with Crippen LogP contribution >= 0.6 is 12.4 Å². The number of hydrogen-bond acceptors (Lipinski definition) is 6. The van der Waals surface area contributed by atoms with Crippen LogP contribution in [0.3, 0.4) is 0 Å². The van der Waals surface area contributed by atoms with Crippen LogP contribution < -0.4 is 10.1 Å². The smallest absolute Gasteiger partial charge is 0.304 e. The zero-order valence-electron chi connectivity index (χ0n) is 13.5. The Morgan fingerprint density at radius 2 is 2.08 bits per heavy atom. The molecule has 0 bridgehead atoms. The maximum Gasteiger partial charge on any atom is 0.304 e. The van der Waals surface area contributed by atoms with Crippen molar-refractivity contribution < 1.29 is 24.4 Å². The topological polar surface area (TPSA) is 122 Å². The molecule has 0 aliphatic rings. The number of nitro benzene ring substituents is 1. The molecule has 0 aromatic heterocycles. The number of methoxy groups -OCH3 is 1. The Morgan fingerprint density at radius 1 is 1.46 bits per heavy atom. The van der Waals surface area contributed by atoms with Crippen molar-refractivity contribution in [3.63, 3.8) is 0 Å². The minimum Gasteiger partial charge on any atom is -0.496 e. The van der Waals surface area contributed by atoms with Crippen LogP contribution in [0.15, 0.2) is 18.2 Å². The lowest BCUT2D eigenvalue weighted by Gasteiger charge is -2.23. The molecule has 9 nitrogen and oxygen atoms in total. The number of carboxylic acid groups (broad SMARTS) is 1. The lowest BCUT2D eigenvalue weighted by molar-refractivity contribution is -0.384. The molecule has 0 aliphatic heterocycles. The quantitative estimate of drug-likeness (QED) is 0.534. The zero-order chi connectivity index (χ0) is 17.6. The fourth-order valence-corrected chi connectivity index (χ4v) is 1.80. The minimum absolute atomic E-state index is 0. The molecule has 0 fully saturated rings. The van der Waals surface area contributed by atoms with Gasteiger partial charge in [0.2, 0.25) is 5.91 Å². The average Bonchev–Trinajstić information content (AvgIpc) is 2.51. The van der Waals surface area contributed by atoms with Crippen molar-refractivity contribution in [3.05, 3.63) is 28.3 Å². The number of likely N-dealkylation sites (N-methyl/N-ethyl adjacent to an activating group) is 1. The molecule has 1 unspecified atom stereocenters. The number of carbonyl (C=O) groups excluding carboxylic acids is 1. The fourth-order valence-electron chi connectivity index (χ4n) is 1.80. The van der Waals surface area contributed by atoms with Crippen LogP contribution in [-0.4, -0.2) is 53.6 Å². The van der Waals surface area contributed by atoms with Crippen molar-refractivity contribution in [3.8, 4) is 5.75 Å². The third-order valence-corrected chi connectivity index (χ3v) is 3.38. The highest BCUT2D eigenvalue weighted by Crippen LogP contribution is 2.29. The fraction of sp³-hybridized carbons (Fsp3) is 0.429. The van der Waals surface area contributed by atoms with E-state index in [4.69, 9.17) is 9.84 Å². The van der Waals surface area contributed by atoms with Gasteiger partial charge in [-0.05, 0) is 26.1 Å². The highest BCUT2D eigenvalue weighted by atomic mass is 35.5. The monoisotopic (exact) mass is 361 g/mol. The second kappa shape index (κ2) is 9.68. The maximum absolute atomic E-state index is 12.2. The van der Waals surface area contributed by atoms with Crippen LogP contribution in [0.25, 0.3) is 0 Å². The summed E-state index contributed by atoms with van der Waals surface area (Å²) in [7, 11) is 2.99. The molecule has 134 valence electrons. The number of aliphatic carboxylic acids is 1. The van der Waals surface area contributed by atoms with E-state index in [0.717, 1.165) is 0 Å². The minimum atomic E-state index is -0.963. The van der Waals surface area contributed by atoms with Gasteiger partial charge in [-0.3, -0.25) is 24.6 Å². The summed E-state index contributed by atoms with van der Waals surface area (Å²) in [6.45, 7) is 1.78. The van der Waals surface area contributed by atoms with Gasteiger partial charge in [0, 0.05) is 6.54 Å². The van der Waals surface area contributed by atoms with Gasteiger partial charge < -0.3 is 15.2 Å². The van der Waals surface area contributed by atoms with Crippen LogP contribution in [-0.2, 0) is 9.59 Å². The molecule has 2 N–H and O–H groups in total. The van der Waals surface area contributed by atoms with Gasteiger partial charge in [0.05, 0.1) is 30.6 Å². The van der Waals surface area contributed by atoms with E-state index in [1.54, 1.807) is 18.9 Å². The van der Waals surface area contributed by atoms with E-state index in [2.05, 4.69) is 5.32 Å². The number of nitro groups is 1. The molecule has 1 amide bonds. The summed E-state index contributed by atoms with van der Waals surface area (Å²) in [6.07, 6.45) is -0.100. The summed E-state index contributed by atoms with van der Waals surface area (Å²) in [6, 6.07) is 3.46. The number of halogens is 1. The third-order valence-electron chi connectivity index (χ3n) is 3.38. The second-order valence-corrected chi connectivity index (χ2v) is 4.93. The number of nitrogens with zero attached hydrogens (tertiary/aromatic N) is 2. The lowest BCUT2D eigenvalue weighted by atomic mass is 10.2. The maximum atomic E-state index is 12.2. The zero-order valence-corrected chi connectivity index (χ0v) is 14.3. The highest BCUT2D eigenvalue weighted by molar-refractivity contribution is 5.96. The number of amides is 1. The summed E-state index contributed by atoms with van der Waals surface area (Å²) < 4.78 is 4.92. The Balaban J connectivity index is 0.00000529. The van der Waals surface area contributed by atoms with Gasteiger partial charge in [-0.2, -0.15) is 0 Å². The van der Waals surface area contributed by atoms with Crippen molar-refractivity contribution in [2.45, 2.75) is 19.4 Å². The first-order valence-corrected chi connectivity index (χ1v) is 6.81. The molecule has 0 heterocycles. The Bertz CT molecular complexity index is 610. The molecule has 1 aromatic carbocycles. The molecule has 10 heteroatoms. The molecule has 0 spiro atoms. The normalized spacial score (nSPS) is 11.3. The summed E-state index contributed by atoms with van der Waals surface area (Å²) in [5, 5.41) is 22.2. The van der Waals surface area contributed by atoms with Gasteiger partial charge >= 0.3 is 5.97 Å². The van der Waals surface area contributed by atoms with Crippen LogP contribution in [0.1, 0.15) is 13.3 Å². The molecule has 0 saturated carbocycles. The van der Waals surface area contributed by atoms with E-state index in [1.165, 1.54) is 25.3 Å². The first kappa shape index (κ1) is 21.6. The molecule has 0 aliphatic carbocycles. The van der Waals surface area contributed by atoms with Crippen molar-refractivity contribution >= 4 is 35.7 Å². The number of hydrogen-bond donors (Lipinski definition) is 2. The van der Waals surface area contributed by atoms with Gasteiger partial charge in [-0.15, -0.1) is 12.4 Å². The van der Waals surface area contributed by atoms with E-state index >= 15 is 0 Å². The SMILES string of the molecule is COc1ccc(NC(=O)C(C)N(C)CCC(=O)O)c([N+](=O)[O-])c1.Cl. The Kier molecular flexibility index (Phi) is 8.72. The van der Waals surface area contributed by atoms with E-state index in [0.29, 0.717) is 5.75 Å². The predicted molar refractivity (Wildman–Crippen MR) is 89.9 cm³/mol. The molecule has 1 rings (SSSR count). The van der Waals surface area contributed by atoms with Crippen LogP contribution in [0, 0.1) is 10.1 Å². The highest BCUT2D eigenvalue weighted by Gasteiger charge is 2.22.